The van der Waals surface area contributed by atoms with Crippen LogP contribution < -0.4 is 9.80 Å². The molecule has 0 fully saturated rings. The molecule has 1 aromatic heterocycles. The maximum absolute atomic E-state index is 6.51. The molecule has 3 heteroatoms. The van der Waals surface area contributed by atoms with Crippen LogP contribution in [0.15, 0.2) is 235 Å². The fraction of sp³-hybridized carbons (Fsp3) is 0.0169. The van der Waals surface area contributed by atoms with Crippen LogP contribution in [0, 0.1) is 0 Å². The molecule has 1 heterocycles. The summed E-state index contributed by atoms with van der Waals surface area (Å²) in [5.41, 5.74) is 18.1. The molecule has 3 nitrogen and oxygen atoms in total. The minimum atomic E-state index is -0.580. The molecule has 0 radical (unpaired) electrons. The molecule has 13 rings (SSSR count). The van der Waals surface area contributed by atoms with Crippen molar-refractivity contribution >= 4 is 66.8 Å². The molecular weight excluding hydrogens is 753 g/mol. The summed E-state index contributed by atoms with van der Waals surface area (Å²) in [5, 5.41) is 4.62. The van der Waals surface area contributed by atoms with Crippen LogP contribution in [0.2, 0.25) is 0 Å². The van der Waals surface area contributed by atoms with Gasteiger partial charge in [0.15, 0.2) is 0 Å². The van der Waals surface area contributed by atoms with Crippen LogP contribution in [0.3, 0.4) is 0 Å². The van der Waals surface area contributed by atoms with Crippen molar-refractivity contribution in [1.29, 1.82) is 0 Å². The molecule has 1 unspecified atom stereocenters. The Bertz CT molecular complexity index is 3500. The zero-order chi connectivity index (χ0) is 40.8. The molecule has 1 atom stereocenters. The molecule has 62 heavy (non-hydrogen) atoms. The molecule has 2 aliphatic carbocycles. The van der Waals surface area contributed by atoms with Crippen molar-refractivity contribution in [3.05, 3.63) is 253 Å². The van der Waals surface area contributed by atoms with Crippen LogP contribution in [0.1, 0.15) is 22.3 Å². The van der Waals surface area contributed by atoms with Gasteiger partial charge in [-0.1, -0.05) is 158 Å². The molecule has 10 aromatic carbocycles. The Balaban J connectivity index is 1.13. The third kappa shape index (κ3) is 4.82. The van der Waals surface area contributed by atoms with Crippen LogP contribution in [-0.4, -0.2) is 0 Å². The van der Waals surface area contributed by atoms with E-state index in [1.165, 1.54) is 55.3 Å². The van der Waals surface area contributed by atoms with Crippen LogP contribution >= 0.6 is 0 Å². The second-order valence-corrected chi connectivity index (χ2v) is 16.4. The first-order valence-electron chi connectivity index (χ1n) is 21.4. The maximum Gasteiger partial charge on any atom is 0.137 e. The average Bonchev–Trinajstić information content (AvgIpc) is 3.97. The van der Waals surface area contributed by atoms with Crippen LogP contribution in [-0.2, 0) is 5.41 Å². The maximum atomic E-state index is 6.51. The third-order valence-corrected chi connectivity index (χ3v) is 13.2. The van der Waals surface area contributed by atoms with Gasteiger partial charge in [-0.05, 0) is 123 Å². The van der Waals surface area contributed by atoms with E-state index in [-0.39, 0.29) is 0 Å². The summed E-state index contributed by atoms with van der Waals surface area (Å²) >= 11 is 0. The lowest BCUT2D eigenvalue weighted by Gasteiger charge is -2.34. The first-order valence-corrected chi connectivity index (χ1v) is 21.4. The molecule has 0 amide bonds. The highest BCUT2D eigenvalue weighted by atomic mass is 16.3. The van der Waals surface area contributed by atoms with Gasteiger partial charge in [-0.25, -0.2) is 0 Å². The quantitative estimate of drug-likeness (QED) is 0.167. The van der Waals surface area contributed by atoms with E-state index in [4.69, 9.17) is 4.42 Å². The van der Waals surface area contributed by atoms with Gasteiger partial charge in [0, 0.05) is 33.5 Å². The van der Waals surface area contributed by atoms with Crippen molar-refractivity contribution in [3.63, 3.8) is 0 Å². The fourth-order valence-electron chi connectivity index (χ4n) is 10.8. The van der Waals surface area contributed by atoms with E-state index in [1.807, 2.05) is 6.07 Å². The molecule has 0 N–H and O–H groups in total. The highest BCUT2D eigenvalue weighted by Gasteiger charge is 2.53. The van der Waals surface area contributed by atoms with Gasteiger partial charge >= 0.3 is 0 Å². The summed E-state index contributed by atoms with van der Waals surface area (Å²) in [7, 11) is 0. The second kappa shape index (κ2) is 13.4. The minimum Gasteiger partial charge on any atom is -0.456 e. The predicted molar refractivity (Wildman–Crippen MR) is 257 cm³/mol. The van der Waals surface area contributed by atoms with Gasteiger partial charge in [-0.3, -0.25) is 0 Å². The van der Waals surface area contributed by atoms with Crippen LogP contribution in [0.25, 0.3) is 55.0 Å². The molecule has 11 aromatic rings. The van der Waals surface area contributed by atoms with E-state index in [0.717, 1.165) is 56.1 Å². The Morgan fingerprint density at radius 1 is 0.306 bits per heavy atom. The molecule has 2 aliphatic rings. The molecule has 0 saturated heterocycles. The zero-order valence-electron chi connectivity index (χ0n) is 33.7. The Morgan fingerprint density at radius 3 is 1.50 bits per heavy atom. The van der Waals surface area contributed by atoms with E-state index in [9.17, 15) is 0 Å². The minimum absolute atomic E-state index is 0.580. The van der Waals surface area contributed by atoms with E-state index in [2.05, 4.69) is 234 Å². The Morgan fingerprint density at radius 2 is 0.823 bits per heavy atom. The number of hydrogen-bond donors (Lipinski definition) is 0. The van der Waals surface area contributed by atoms with Gasteiger partial charge in [0.1, 0.15) is 11.2 Å². The van der Waals surface area contributed by atoms with Crippen LogP contribution in [0.4, 0.5) is 34.1 Å². The highest BCUT2D eigenvalue weighted by molar-refractivity contribution is 6.16. The van der Waals surface area contributed by atoms with Crippen molar-refractivity contribution in [2.75, 3.05) is 9.80 Å². The predicted octanol–water partition coefficient (Wildman–Crippen LogP) is 16.0. The number of rotatable bonds is 6. The van der Waals surface area contributed by atoms with E-state index < -0.39 is 5.41 Å². The second-order valence-electron chi connectivity index (χ2n) is 16.4. The van der Waals surface area contributed by atoms with E-state index in [1.54, 1.807) is 0 Å². The van der Waals surface area contributed by atoms with Crippen molar-refractivity contribution in [1.82, 2.24) is 0 Å². The van der Waals surface area contributed by atoms with Gasteiger partial charge in [0.05, 0.1) is 22.2 Å². The zero-order valence-corrected chi connectivity index (χ0v) is 33.7. The number of fused-ring (bicyclic) bond motifs is 15. The largest absolute Gasteiger partial charge is 0.456 e. The smallest absolute Gasteiger partial charge is 0.137 e. The van der Waals surface area contributed by atoms with Crippen molar-refractivity contribution in [2.24, 2.45) is 0 Å². The third-order valence-electron chi connectivity index (χ3n) is 13.2. The summed E-state index contributed by atoms with van der Waals surface area (Å²) in [6.45, 7) is 0. The Labute approximate surface area is 360 Å². The molecular formula is C59H38N2O. The first kappa shape index (κ1) is 34.7. The van der Waals surface area contributed by atoms with Gasteiger partial charge in [-0.2, -0.15) is 0 Å². The standard InChI is InChI=1S/C59H38N2O/c1-4-19-39(20-5-1)60(40-21-6-2-7-22-40)42-35-36-45-43-25-12-15-30-50(43)59(52(45)37-42)51-31-16-13-26-44(51)49-38-54(46-27-10-11-28-47(46)58(49)59)61(41-23-8-3-9-24-41)53-32-18-34-56-57(53)48-29-14-17-33-55(48)62-56/h1-38H. The molecule has 0 saturated carbocycles. The summed E-state index contributed by atoms with van der Waals surface area (Å²) < 4.78 is 6.51. The normalized spacial score (nSPS) is 14.5. The van der Waals surface area contributed by atoms with E-state index in [0.29, 0.717) is 0 Å². The summed E-state index contributed by atoms with van der Waals surface area (Å²) in [4.78, 5) is 4.84. The van der Waals surface area contributed by atoms with Crippen molar-refractivity contribution < 1.29 is 4.42 Å². The molecule has 1 spiro atoms. The van der Waals surface area contributed by atoms with Crippen molar-refractivity contribution in [3.8, 4) is 22.3 Å². The topological polar surface area (TPSA) is 19.6 Å². The van der Waals surface area contributed by atoms with Gasteiger partial charge in [0.25, 0.3) is 0 Å². The van der Waals surface area contributed by atoms with Crippen molar-refractivity contribution in [2.45, 2.75) is 5.41 Å². The lowest BCUT2D eigenvalue weighted by Crippen LogP contribution is -2.26. The van der Waals surface area contributed by atoms with Gasteiger partial charge in [0.2, 0.25) is 0 Å². The molecule has 290 valence electrons. The monoisotopic (exact) mass is 790 g/mol. The number of nitrogens with zero attached hydrogens (tertiary/aromatic N) is 2. The molecule has 0 aliphatic heterocycles. The number of hydrogen-bond acceptors (Lipinski definition) is 3. The van der Waals surface area contributed by atoms with Crippen LogP contribution in [0.5, 0.6) is 0 Å². The SMILES string of the molecule is c1ccc(N(c2ccccc2)c2ccc3c(c2)C2(c4ccccc4-3)c3ccccc3-c3cc(N(c4ccccc4)c4cccc5oc6ccccc6c45)c4ccccc4c32)cc1. The number of para-hydroxylation sites is 4. The summed E-state index contributed by atoms with van der Waals surface area (Å²) in [5.74, 6) is 0. The number of anilines is 6. The first-order chi connectivity index (χ1) is 30.8. The average molecular weight is 791 g/mol. The number of furan rings is 1. The van der Waals surface area contributed by atoms with Gasteiger partial charge in [-0.15, -0.1) is 0 Å². The Kier molecular flexibility index (Phi) is 7.52. The molecule has 0 bridgehead atoms. The van der Waals surface area contributed by atoms with Gasteiger partial charge < -0.3 is 14.2 Å². The lowest BCUT2D eigenvalue weighted by atomic mass is 9.69. The number of benzene rings is 10. The Hall–Kier alpha value is -8.14. The summed E-state index contributed by atoms with van der Waals surface area (Å²) in [6.07, 6.45) is 0. The summed E-state index contributed by atoms with van der Waals surface area (Å²) in [6, 6.07) is 84.0. The lowest BCUT2D eigenvalue weighted by molar-refractivity contribution is 0.669. The highest BCUT2D eigenvalue weighted by Crippen LogP contribution is 2.65. The van der Waals surface area contributed by atoms with E-state index >= 15 is 0 Å². The fourth-order valence-corrected chi connectivity index (χ4v) is 10.8.